The first-order chi connectivity index (χ1) is 9.79. The lowest BCUT2D eigenvalue weighted by atomic mass is 10.1. The summed E-state index contributed by atoms with van der Waals surface area (Å²) in [6.45, 7) is 2.83. The molecular weight excluding hydrogens is 270 g/mol. The Morgan fingerprint density at radius 1 is 1.20 bits per heavy atom. The van der Waals surface area contributed by atoms with Crippen molar-refractivity contribution in [2.24, 2.45) is 5.73 Å². The summed E-state index contributed by atoms with van der Waals surface area (Å²) in [6.07, 6.45) is 4.48. The molecule has 0 bridgehead atoms. The first kappa shape index (κ1) is 14.8. The number of rotatable bonds is 7. The molecule has 0 amide bonds. The minimum Gasteiger partial charge on any atom is -0.494 e. The van der Waals surface area contributed by atoms with Gasteiger partial charge in [0, 0.05) is 24.2 Å². The predicted octanol–water partition coefficient (Wildman–Crippen LogP) is 3.06. The first-order valence-electron chi connectivity index (χ1n) is 6.67. The van der Waals surface area contributed by atoms with Crippen molar-refractivity contribution in [3.63, 3.8) is 0 Å². The van der Waals surface area contributed by atoms with E-state index in [-0.39, 0.29) is 6.04 Å². The summed E-state index contributed by atoms with van der Waals surface area (Å²) in [5.41, 5.74) is 7.27. The highest BCUT2D eigenvalue weighted by atomic mass is 32.2. The van der Waals surface area contributed by atoms with Crippen LogP contribution in [0.15, 0.2) is 47.9 Å². The van der Waals surface area contributed by atoms with Crippen molar-refractivity contribution in [2.45, 2.75) is 24.5 Å². The van der Waals surface area contributed by atoms with E-state index in [9.17, 15) is 0 Å². The Bertz CT molecular complexity index is 504. The average molecular weight is 289 g/mol. The minimum atomic E-state index is -0.0379. The summed E-state index contributed by atoms with van der Waals surface area (Å²) in [7, 11) is 0. The van der Waals surface area contributed by atoms with Gasteiger partial charge in [-0.1, -0.05) is 30.8 Å². The van der Waals surface area contributed by atoms with Crippen LogP contribution < -0.4 is 10.5 Å². The number of hydrogen-bond acceptors (Lipinski definition) is 5. The molecule has 1 aromatic carbocycles. The van der Waals surface area contributed by atoms with Crippen LogP contribution in [-0.4, -0.2) is 22.3 Å². The molecule has 0 spiro atoms. The zero-order valence-corrected chi connectivity index (χ0v) is 12.3. The van der Waals surface area contributed by atoms with Crippen molar-refractivity contribution in [3.05, 3.63) is 48.3 Å². The van der Waals surface area contributed by atoms with E-state index < -0.39 is 0 Å². The molecule has 0 fully saturated rings. The molecule has 1 unspecified atom stereocenters. The van der Waals surface area contributed by atoms with E-state index in [1.165, 1.54) is 0 Å². The van der Waals surface area contributed by atoms with Crippen LogP contribution in [0, 0.1) is 0 Å². The minimum absolute atomic E-state index is 0.0379. The molecule has 0 aliphatic carbocycles. The maximum Gasteiger partial charge on any atom is 0.187 e. The molecule has 0 saturated carbocycles. The topological polar surface area (TPSA) is 61.0 Å². The molecule has 106 valence electrons. The van der Waals surface area contributed by atoms with E-state index in [1.54, 1.807) is 30.2 Å². The molecule has 2 N–H and O–H groups in total. The number of aromatic nitrogens is 2. The van der Waals surface area contributed by atoms with Crippen LogP contribution in [0.5, 0.6) is 5.75 Å². The van der Waals surface area contributed by atoms with Gasteiger partial charge in [0.2, 0.25) is 0 Å². The fraction of sp³-hybridized carbons (Fsp3) is 0.333. The molecule has 1 aromatic heterocycles. The van der Waals surface area contributed by atoms with Gasteiger partial charge in [-0.05, 0) is 30.2 Å². The molecule has 20 heavy (non-hydrogen) atoms. The second-order valence-corrected chi connectivity index (χ2v) is 5.35. The zero-order chi connectivity index (χ0) is 14.2. The lowest BCUT2D eigenvalue weighted by Gasteiger charge is -2.12. The van der Waals surface area contributed by atoms with Crippen LogP contribution in [0.3, 0.4) is 0 Å². The second kappa shape index (κ2) is 7.87. The van der Waals surface area contributed by atoms with Crippen molar-refractivity contribution in [2.75, 3.05) is 12.4 Å². The molecule has 0 aliphatic rings. The van der Waals surface area contributed by atoms with Crippen LogP contribution in [0.2, 0.25) is 0 Å². The Morgan fingerprint density at radius 3 is 2.55 bits per heavy atom. The van der Waals surface area contributed by atoms with E-state index in [0.717, 1.165) is 35.2 Å². The Balaban J connectivity index is 1.87. The van der Waals surface area contributed by atoms with E-state index in [2.05, 4.69) is 16.9 Å². The highest BCUT2D eigenvalue weighted by molar-refractivity contribution is 7.99. The summed E-state index contributed by atoms with van der Waals surface area (Å²) in [4.78, 5) is 8.34. The quantitative estimate of drug-likeness (QED) is 0.627. The van der Waals surface area contributed by atoms with Gasteiger partial charge in [0.05, 0.1) is 6.61 Å². The molecule has 4 nitrogen and oxygen atoms in total. The molecule has 5 heteroatoms. The van der Waals surface area contributed by atoms with E-state index >= 15 is 0 Å². The fourth-order valence-electron chi connectivity index (χ4n) is 1.65. The van der Waals surface area contributed by atoms with E-state index in [0.29, 0.717) is 0 Å². The molecule has 1 heterocycles. The highest BCUT2D eigenvalue weighted by Crippen LogP contribution is 2.22. The first-order valence-corrected chi connectivity index (χ1v) is 7.66. The van der Waals surface area contributed by atoms with E-state index in [1.807, 2.05) is 24.3 Å². The molecule has 0 aliphatic heterocycles. The number of ether oxygens (including phenoxy) is 1. The molecule has 2 rings (SSSR count). The van der Waals surface area contributed by atoms with Gasteiger partial charge < -0.3 is 10.5 Å². The Hall–Kier alpha value is -1.59. The van der Waals surface area contributed by atoms with Gasteiger partial charge in [-0.25, -0.2) is 9.97 Å². The fourth-order valence-corrected chi connectivity index (χ4v) is 2.44. The van der Waals surface area contributed by atoms with Crippen molar-refractivity contribution in [1.29, 1.82) is 0 Å². The Kier molecular flexibility index (Phi) is 5.83. The summed E-state index contributed by atoms with van der Waals surface area (Å²) in [5, 5.41) is 0.755. The zero-order valence-electron chi connectivity index (χ0n) is 11.5. The largest absolute Gasteiger partial charge is 0.494 e. The summed E-state index contributed by atoms with van der Waals surface area (Å²) in [6, 6.07) is 9.73. The number of nitrogens with two attached hydrogens (primary N) is 1. The normalized spacial score (nSPS) is 12.1. The van der Waals surface area contributed by atoms with Crippen LogP contribution in [0.4, 0.5) is 0 Å². The van der Waals surface area contributed by atoms with Gasteiger partial charge in [0.25, 0.3) is 0 Å². The SMILES string of the molecule is CCCOc1ccc(C(N)CSc2ncccn2)cc1. The van der Waals surface area contributed by atoms with Crippen molar-refractivity contribution in [3.8, 4) is 5.75 Å². The van der Waals surface area contributed by atoms with Gasteiger partial charge in [-0.15, -0.1) is 0 Å². The standard InChI is InChI=1S/C15H19N3OS/c1-2-10-19-13-6-4-12(5-7-13)14(16)11-20-15-17-8-3-9-18-15/h3-9,14H,2,10-11,16H2,1H3. The average Bonchev–Trinajstić information content (AvgIpc) is 2.52. The highest BCUT2D eigenvalue weighted by Gasteiger charge is 2.08. The summed E-state index contributed by atoms with van der Waals surface area (Å²) >= 11 is 1.56. The second-order valence-electron chi connectivity index (χ2n) is 4.37. The predicted molar refractivity (Wildman–Crippen MR) is 81.9 cm³/mol. The number of nitrogens with zero attached hydrogens (tertiary/aromatic N) is 2. The molecule has 0 saturated heterocycles. The third-order valence-electron chi connectivity index (χ3n) is 2.72. The summed E-state index contributed by atoms with van der Waals surface area (Å²) < 4.78 is 5.55. The Morgan fingerprint density at radius 2 is 1.90 bits per heavy atom. The molecule has 0 radical (unpaired) electrons. The van der Waals surface area contributed by atoms with E-state index in [4.69, 9.17) is 10.5 Å². The van der Waals surface area contributed by atoms with Crippen molar-refractivity contribution < 1.29 is 4.74 Å². The molecular formula is C15H19N3OS. The monoisotopic (exact) mass is 289 g/mol. The summed E-state index contributed by atoms with van der Waals surface area (Å²) in [5.74, 6) is 1.64. The maximum absolute atomic E-state index is 6.18. The van der Waals surface area contributed by atoms with Crippen molar-refractivity contribution >= 4 is 11.8 Å². The van der Waals surface area contributed by atoms with Crippen molar-refractivity contribution in [1.82, 2.24) is 9.97 Å². The van der Waals surface area contributed by atoms with Gasteiger partial charge >= 0.3 is 0 Å². The third kappa shape index (κ3) is 4.51. The van der Waals surface area contributed by atoms with Crippen LogP contribution in [0.25, 0.3) is 0 Å². The number of benzene rings is 1. The van der Waals surface area contributed by atoms with Crippen LogP contribution in [-0.2, 0) is 0 Å². The number of hydrogen-bond donors (Lipinski definition) is 1. The van der Waals surface area contributed by atoms with Crippen LogP contribution in [0.1, 0.15) is 24.9 Å². The Labute approximate surface area is 123 Å². The van der Waals surface area contributed by atoms with Gasteiger partial charge in [0.15, 0.2) is 5.16 Å². The van der Waals surface area contributed by atoms with Crippen LogP contribution >= 0.6 is 11.8 Å². The molecule has 2 aromatic rings. The van der Waals surface area contributed by atoms with Gasteiger partial charge in [0.1, 0.15) is 5.75 Å². The van der Waals surface area contributed by atoms with Gasteiger partial charge in [-0.3, -0.25) is 0 Å². The maximum atomic E-state index is 6.18. The lowest BCUT2D eigenvalue weighted by Crippen LogP contribution is -2.13. The smallest absolute Gasteiger partial charge is 0.187 e. The van der Waals surface area contributed by atoms with Gasteiger partial charge in [-0.2, -0.15) is 0 Å². The number of thioether (sulfide) groups is 1. The third-order valence-corrected chi connectivity index (χ3v) is 3.71. The molecule has 1 atom stereocenters. The lowest BCUT2D eigenvalue weighted by molar-refractivity contribution is 0.317.